The average Bonchev–Trinajstić information content (AvgIpc) is 2.41. The van der Waals surface area contributed by atoms with Crippen molar-refractivity contribution in [1.82, 2.24) is 4.90 Å². The van der Waals surface area contributed by atoms with Crippen molar-refractivity contribution in [2.45, 2.75) is 32.2 Å². The van der Waals surface area contributed by atoms with E-state index in [-0.39, 0.29) is 0 Å². The summed E-state index contributed by atoms with van der Waals surface area (Å²) in [5.74, 6) is 0.754. The average molecular weight is 283 g/mol. The molecule has 0 radical (unpaired) electrons. The van der Waals surface area contributed by atoms with Crippen LogP contribution in [0.15, 0.2) is 18.2 Å². The molecule has 0 amide bonds. The first-order chi connectivity index (χ1) is 9.20. The molecule has 0 aliphatic carbocycles. The smallest absolute Gasteiger partial charge is 0.138 e. The van der Waals surface area contributed by atoms with Crippen LogP contribution in [0.3, 0.4) is 0 Å². The SMILES string of the molecule is CCOc1ccc(NCC2CCCCN2C)cc1Cl. The molecule has 1 aromatic rings. The largest absolute Gasteiger partial charge is 0.492 e. The van der Waals surface area contributed by atoms with E-state index in [9.17, 15) is 0 Å². The molecule has 1 atom stereocenters. The lowest BCUT2D eigenvalue weighted by atomic mass is 10.0. The lowest BCUT2D eigenvalue weighted by Gasteiger charge is -2.32. The number of halogens is 1. The number of benzene rings is 1. The molecule has 0 aromatic heterocycles. The molecule has 1 saturated heterocycles. The summed E-state index contributed by atoms with van der Waals surface area (Å²) in [5, 5.41) is 4.14. The van der Waals surface area contributed by atoms with E-state index in [0.717, 1.165) is 18.0 Å². The summed E-state index contributed by atoms with van der Waals surface area (Å²) in [7, 11) is 2.21. The number of hydrogen-bond donors (Lipinski definition) is 1. The van der Waals surface area contributed by atoms with Crippen LogP contribution in [0.4, 0.5) is 5.69 Å². The zero-order valence-electron chi connectivity index (χ0n) is 11.8. The normalized spacial score (nSPS) is 20.3. The van der Waals surface area contributed by atoms with Gasteiger partial charge in [-0.05, 0) is 51.6 Å². The Bertz CT molecular complexity index is 411. The van der Waals surface area contributed by atoms with Crippen molar-refractivity contribution < 1.29 is 4.74 Å². The zero-order valence-corrected chi connectivity index (χ0v) is 12.5. The van der Waals surface area contributed by atoms with Crippen molar-refractivity contribution in [3.63, 3.8) is 0 Å². The minimum absolute atomic E-state index is 0.624. The number of ether oxygens (including phenoxy) is 1. The molecule has 1 unspecified atom stereocenters. The Morgan fingerprint density at radius 2 is 2.26 bits per heavy atom. The summed E-state index contributed by atoms with van der Waals surface area (Å²) in [6.45, 7) is 4.78. The van der Waals surface area contributed by atoms with Crippen LogP contribution in [0.5, 0.6) is 5.75 Å². The lowest BCUT2D eigenvalue weighted by Crippen LogP contribution is -2.40. The summed E-state index contributed by atoms with van der Waals surface area (Å²) in [6.07, 6.45) is 3.93. The van der Waals surface area contributed by atoms with Gasteiger partial charge < -0.3 is 15.0 Å². The van der Waals surface area contributed by atoms with E-state index in [0.29, 0.717) is 17.7 Å². The van der Waals surface area contributed by atoms with Gasteiger partial charge in [0.05, 0.1) is 11.6 Å². The molecular weight excluding hydrogens is 260 g/mol. The Hall–Kier alpha value is -0.930. The zero-order chi connectivity index (χ0) is 13.7. The fraction of sp³-hybridized carbons (Fsp3) is 0.600. The topological polar surface area (TPSA) is 24.5 Å². The number of anilines is 1. The molecule has 1 aliphatic rings. The van der Waals surface area contributed by atoms with Gasteiger partial charge in [-0.15, -0.1) is 0 Å². The molecule has 3 nitrogen and oxygen atoms in total. The van der Waals surface area contributed by atoms with Gasteiger partial charge in [-0.3, -0.25) is 0 Å². The summed E-state index contributed by atoms with van der Waals surface area (Å²) in [5.41, 5.74) is 1.06. The fourth-order valence-electron chi connectivity index (χ4n) is 2.52. The number of likely N-dealkylation sites (N-methyl/N-ethyl adjacent to an activating group) is 1. The van der Waals surface area contributed by atoms with Gasteiger partial charge in [-0.25, -0.2) is 0 Å². The molecule has 0 spiro atoms. The standard InChI is InChI=1S/C15H23ClN2O/c1-3-19-15-8-7-12(10-14(15)16)17-11-13-6-4-5-9-18(13)2/h7-8,10,13,17H,3-6,9,11H2,1-2H3. The third kappa shape index (κ3) is 4.02. The van der Waals surface area contributed by atoms with Gasteiger partial charge in [0.15, 0.2) is 0 Å². The van der Waals surface area contributed by atoms with Gasteiger partial charge >= 0.3 is 0 Å². The number of nitrogens with zero attached hydrogens (tertiary/aromatic N) is 1. The van der Waals surface area contributed by atoms with Gasteiger partial charge in [0.25, 0.3) is 0 Å². The summed E-state index contributed by atoms with van der Waals surface area (Å²) in [6, 6.07) is 6.52. The Labute approximate surface area is 120 Å². The van der Waals surface area contributed by atoms with E-state index in [1.54, 1.807) is 0 Å². The number of likely N-dealkylation sites (tertiary alicyclic amines) is 1. The highest BCUT2D eigenvalue weighted by atomic mass is 35.5. The van der Waals surface area contributed by atoms with Crippen LogP contribution >= 0.6 is 11.6 Å². The predicted molar refractivity (Wildman–Crippen MR) is 81.4 cm³/mol. The van der Waals surface area contributed by atoms with Crippen molar-refractivity contribution in [2.24, 2.45) is 0 Å². The highest BCUT2D eigenvalue weighted by Gasteiger charge is 2.18. The maximum Gasteiger partial charge on any atom is 0.138 e. The predicted octanol–water partition coefficient (Wildman–Crippen LogP) is 3.63. The van der Waals surface area contributed by atoms with Gasteiger partial charge in [0.1, 0.15) is 5.75 Å². The lowest BCUT2D eigenvalue weighted by molar-refractivity contribution is 0.194. The van der Waals surface area contributed by atoms with Gasteiger partial charge in [0, 0.05) is 18.3 Å². The van der Waals surface area contributed by atoms with E-state index in [1.165, 1.54) is 25.8 Å². The molecule has 19 heavy (non-hydrogen) atoms. The molecule has 1 heterocycles. The molecule has 4 heteroatoms. The second-order valence-electron chi connectivity index (χ2n) is 5.09. The summed E-state index contributed by atoms with van der Waals surface area (Å²) < 4.78 is 5.44. The molecule has 0 bridgehead atoms. The van der Waals surface area contributed by atoms with Gasteiger partial charge in [0.2, 0.25) is 0 Å². The highest BCUT2D eigenvalue weighted by molar-refractivity contribution is 6.32. The van der Waals surface area contributed by atoms with E-state index in [2.05, 4.69) is 17.3 Å². The molecule has 1 fully saturated rings. The molecule has 1 aliphatic heterocycles. The van der Waals surface area contributed by atoms with Crippen LogP contribution in [0.2, 0.25) is 5.02 Å². The summed E-state index contributed by atoms with van der Waals surface area (Å²) in [4.78, 5) is 2.44. The van der Waals surface area contributed by atoms with Crippen LogP contribution in [0, 0.1) is 0 Å². The van der Waals surface area contributed by atoms with Crippen LogP contribution in [0.25, 0.3) is 0 Å². The minimum Gasteiger partial charge on any atom is -0.492 e. The first kappa shape index (κ1) is 14.5. The Morgan fingerprint density at radius 3 is 2.95 bits per heavy atom. The van der Waals surface area contributed by atoms with Crippen molar-refractivity contribution in [2.75, 3.05) is 32.1 Å². The Balaban J connectivity index is 1.90. The molecule has 2 rings (SSSR count). The van der Waals surface area contributed by atoms with E-state index >= 15 is 0 Å². The number of rotatable bonds is 5. The van der Waals surface area contributed by atoms with Crippen LogP contribution < -0.4 is 10.1 Å². The first-order valence-electron chi connectivity index (χ1n) is 7.07. The van der Waals surface area contributed by atoms with Crippen molar-refractivity contribution in [3.8, 4) is 5.75 Å². The Kier molecular flexibility index (Phi) is 5.34. The second-order valence-corrected chi connectivity index (χ2v) is 5.50. The molecule has 1 aromatic carbocycles. The fourth-order valence-corrected chi connectivity index (χ4v) is 2.76. The van der Waals surface area contributed by atoms with Crippen LogP contribution in [0.1, 0.15) is 26.2 Å². The van der Waals surface area contributed by atoms with Gasteiger partial charge in [-0.1, -0.05) is 18.0 Å². The molecular formula is C15H23ClN2O. The first-order valence-corrected chi connectivity index (χ1v) is 7.45. The quantitative estimate of drug-likeness (QED) is 0.892. The minimum atomic E-state index is 0.624. The monoisotopic (exact) mass is 282 g/mol. The number of hydrogen-bond acceptors (Lipinski definition) is 3. The second kappa shape index (κ2) is 7.01. The summed E-state index contributed by atoms with van der Waals surface area (Å²) >= 11 is 6.18. The van der Waals surface area contributed by atoms with Gasteiger partial charge in [-0.2, -0.15) is 0 Å². The molecule has 106 valence electrons. The van der Waals surface area contributed by atoms with E-state index in [4.69, 9.17) is 16.3 Å². The van der Waals surface area contributed by atoms with Crippen molar-refractivity contribution in [1.29, 1.82) is 0 Å². The maximum atomic E-state index is 6.18. The highest BCUT2D eigenvalue weighted by Crippen LogP contribution is 2.28. The van der Waals surface area contributed by atoms with E-state index in [1.807, 2.05) is 25.1 Å². The maximum absolute atomic E-state index is 6.18. The Morgan fingerprint density at radius 1 is 1.42 bits per heavy atom. The van der Waals surface area contributed by atoms with E-state index < -0.39 is 0 Å². The third-order valence-corrected chi connectivity index (χ3v) is 3.99. The van der Waals surface area contributed by atoms with Crippen LogP contribution in [-0.4, -0.2) is 37.7 Å². The van der Waals surface area contributed by atoms with Crippen molar-refractivity contribution >= 4 is 17.3 Å². The number of piperidine rings is 1. The van der Waals surface area contributed by atoms with Crippen LogP contribution in [-0.2, 0) is 0 Å². The molecule has 1 N–H and O–H groups in total. The third-order valence-electron chi connectivity index (χ3n) is 3.70. The molecule has 0 saturated carbocycles. The van der Waals surface area contributed by atoms with Crippen molar-refractivity contribution in [3.05, 3.63) is 23.2 Å². The number of nitrogens with one attached hydrogen (secondary N) is 1.